The monoisotopic (exact) mass is 401 g/mol. The van der Waals surface area contributed by atoms with E-state index in [1.54, 1.807) is 6.92 Å². The molecular formula is C19H22F3NO5. The van der Waals surface area contributed by atoms with Gasteiger partial charge in [-0.3, -0.25) is 9.59 Å². The topological polar surface area (TPSA) is 72.9 Å². The van der Waals surface area contributed by atoms with E-state index in [4.69, 9.17) is 9.47 Å². The van der Waals surface area contributed by atoms with Crippen LogP contribution in [0.4, 0.5) is 18.0 Å². The van der Waals surface area contributed by atoms with Crippen molar-refractivity contribution in [1.82, 2.24) is 4.90 Å². The van der Waals surface area contributed by atoms with Crippen LogP contribution in [0.15, 0.2) is 12.1 Å². The molecular weight excluding hydrogens is 379 g/mol. The van der Waals surface area contributed by atoms with Gasteiger partial charge in [0.15, 0.2) is 17.5 Å². The van der Waals surface area contributed by atoms with E-state index in [9.17, 15) is 27.6 Å². The Hall–Kier alpha value is -2.58. The summed E-state index contributed by atoms with van der Waals surface area (Å²) in [6, 6.07) is 1.12. The molecule has 0 unspecified atom stereocenters. The number of benzene rings is 1. The van der Waals surface area contributed by atoms with Crippen LogP contribution in [-0.2, 0) is 25.5 Å². The van der Waals surface area contributed by atoms with Gasteiger partial charge in [-0.2, -0.15) is 0 Å². The number of hydrogen-bond donors (Lipinski definition) is 0. The lowest BCUT2D eigenvalue weighted by Gasteiger charge is -2.38. The highest BCUT2D eigenvalue weighted by atomic mass is 19.2. The van der Waals surface area contributed by atoms with E-state index >= 15 is 0 Å². The van der Waals surface area contributed by atoms with Crippen LogP contribution in [0.3, 0.4) is 0 Å². The van der Waals surface area contributed by atoms with Crippen molar-refractivity contribution in [2.45, 2.75) is 38.6 Å². The fourth-order valence-electron chi connectivity index (χ4n) is 3.39. The van der Waals surface area contributed by atoms with Gasteiger partial charge in [-0.25, -0.2) is 18.0 Å². The van der Waals surface area contributed by atoms with Gasteiger partial charge in [0.2, 0.25) is 0 Å². The van der Waals surface area contributed by atoms with Gasteiger partial charge >= 0.3 is 12.1 Å². The van der Waals surface area contributed by atoms with Crippen LogP contribution in [0.2, 0.25) is 0 Å². The summed E-state index contributed by atoms with van der Waals surface area (Å²) in [6.45, 7) is 1.98. The number of hydrogen-bond acceptors (Lipinski definition) is 5. The normalized spacial score (nSPS) is 19.2. The van der Waals surface area contributed by atoms with Crippen LogP contribution in [0.5, 0.6) is 0 Å². The summed E-state index contributed by atoms with van der Waals surface area (Å²) in [5, 5.41) is 0. The van der Waals surface area contributed by atoms with Gasteiger partial charge in [0.25, 0.3) is 0 Å². The van der Waals surface area contributed by atoms with Gasteiger partial charge in [0, 0.05) is 18.5 Å². The molecule has 0 N–H and O–H groups in total. The number of nitrogens with zero attached hydrogens (tertiary/aromatic N) is 1. The molecule has 1 heterocycles. The van der Waals surface area contributed by atoms with Crippen molar-refractivity contribution in [2.24, 2.45) is 5.92 Å². The lowest BCUT2D eigenvalue weighted by atomic mass is 9.84. The van der Waals surface area contributed by atoms with Crippen molar-refractivity contribution < 1.29 is 37.0 Å². The fraction of sp³-hybridized carbons (Fsp3) is 0.526. The first kappa shape index (κ1) is 21.7. The van der Waals surface area contributed by atoms with E-state index in [0.717, 1.165) is 12.1 Å². The van der Waals surface area contributed by atoms with Gasteiger partial charge in [0.1, 0.15) is 12.2 Å². The summed E-state index contributed by atoms with van der Waals surface area (Å²) in [5.41, 5.74) is 0.147. The second kappa shape index (κ2) is 9.57. The summed E-state index contributed by atoms with van der Waals surface area (Å²) in [5.74, 6) is -5.67. The van der Waals surface area contributed by atoms with Crippen LogP contribution in [0.1, 0.15) is 31.7 Å². The van der Waals surface area contributed by atoms with Crippen LogP contribution >= 0.6 is 0 Å². The molecule has 0 aliphatic carbocycles. The van der Waals surface area contributed by atoms with E-state index in [0.29, 0.717) is 6.42 Å². The van der Waals surface area contributed by atoms with Crippen molar-refractivity contribution in [3.8, 4) is 0 Å². The number of Topliss-reactive ketones (excluding diaryl/α,β-unsaturated/α-hetero) is 1. The molecule has 1 aliphatic rings. The first-order chi connectivity index (χ1) is 13.3. The predicted molar refractivity (Wildman–Crippen MR) is 91.9 cm³/mol. The maximum Gasteiger partial charge on any atom is 0.409 e. The van der Waals surface area contributed by atoms with E-state index in [-0.39, 0.29) is 43.8 Å². The largest absolute Gasteiger partial charge is 0.466 e. The minimum absolute atomic E-state index is 0.00636. The molecule has 2 rings (SSSR count). The van der Waals surface area contributed by atoms with Crippen LogP contribution in [-0.4, -0.2) is 49.0 Å². The number of carbonyl (C=O) groups is 3. The predicted octanol–water partition coefficient (Wildman–Crippen LogP) is 3.02. The van der Waals surface area contributed by atoms with Crippen molar-refractivity contribution in [3.63, 3.8) is 0 Å². The lowest BCUT2D eigenvalue weighted by Crippen LogP contribution is -2.48. The SMILES string of the molecule is CCOC(=O)CC(=O)[C@H]1CCN(C(=O)OC)[C@H](Cc2cc(F)c(F)c(F)c2)C1. The zero-order valence-electron chi connectivity index (χ0n) is 15.7. The van der Waals surface area contributed by atoms with Crippen LogP contribution in [0.25, 0.3) is 0 Å². The molecule has 6 nitrogen and oxygen atoms in total. The van der Waals surface area contributed by atoms with Crippen molar-refractivity contribution in [2.75, 3.05) is 20.3 Å². The van der Waals surface area contributed by atoms with Gasteiger partial charge in [-0.05, 0) is 43.9 Å². The second-order valence-electron chi connectivity index (χ2n) is 6.56. The maximum absolute atomic E-state index is 13.5. The van der Waals surface area contributed by atoms with E-state index < -0.39 is 41.5 Å². The number of esters is 1. The molecule has 0 spiro atoms. The Bertz CT molecular complexity index is 732. The second-order valence-corrected chi connectivity index (χ2v) is 6.56. The average Bonchev–Trinajstić information content (AvgIpc) is 2.65. The van der Waals surface area contributed by atoms with E-state index in [2.05, 4.69) is 0 Å². The minimum Gasteiger partial charge on any atom is -0.466 e. The highest BCUT2D eigenvalue weighted by Crippen LogP contribution is 2.28. The Balaban J connectivity index is 2.17. The standard InChI is InChI=1S/C19H22F3NO5/c1-3-28-17(25)10-16(24)12-4-5-23(19(26)27-2)13(9-12)6-11-7-14(20)18(22)15(21)8-11/h7-8,12-13H,3-6,9-10H2,1-2H3/t12-,13+/m0/s1. The van der Waals surface area contributed by atoms with Gasteiger partial charge in [0.05, 0.1) is 13.7 Å². The Morgan fingerprint density at radius 3 is 2.39 bits per heavy atom. The molecule has 28 heavy (non-hydrogen) atoms. The Labute approximate surface area is 160 Å². The Morgan fingerprint density at radius 1 is 1.18 bits per heavy atom. The maximum atomic E-state index is 13.5. The van der Waals surface area contributed by atoms with Crippen molar-refractivity contribution >= 4 is 17.8 Å². The molecule has 9 heteroatoms. The summed E-state index contributed by atoms with van der Waals surface area (Å²) in [6.07, 6.45) is -0.482. The minimum atomic E-state index is -1.57. The first-order valence-electron chi connectivity index (χ1n) is 8.93. The average molecular weight is 401 g/mol. The number of rotatable bonds is 6. The third kappa shape index (κ3) is 5.24. The highest BCUT2D eigenvalue weighted by Gasteiger charge is 2.36. The Kier molecular flexibility index (Phi) is 7.42. The number of carbonyl (C=O) groups excluding carboxylic acids is 3. The third-order valence-corrected chi connectivity index (χ3v) is 4.72. The van der Waals surface area contributed by atoms with Gasteiger partial charge < -0.3 is 14.4 Å². The summed E-state index contributed by atoms with van der Waals surface area (Å²) >= 11 is 0. The van der Waals surface area contributed by atoms with E-state index in [1.807, 2.05) is 0 Å². The number of halogens is 3. The number of piperidine rings is 1. The van der Waals surface area contributed by atoms with Crippen LogP contribution in [0, 0.1) is 23.4 Å². The molecule has 1 aliphatic heterocycles. The molecule has 1 amide bonds. The number of amides is 1. The molecule has 1 aromatic rings. The first-order valence-corrected chi connectivity index (χ1v) is 8.93. The zero-order chi connectivity index (χ0) is 20.8. The summed E-state index contributed by atoms with van der Waals surface area (Å²) in [4.78, 5) is 37.3. The Morgan fingerprint density at radius 2 is 1.82 bits per heavy atom. The highest BCUT2D eigenvalue weighted by molar-refractivity contribution is 5.96. The molecule has 0 aromatic heterocycles. The zero-order valence-corrected chi connectivity index (χ0v) is 15.7. The van der Waals surface area contributed by atoms with Gasteiger partial charge in [-0.1, -0.05) is 0 Å². The van der Waals surface area contributed by atoms with Gasteiger partial charge in [-0.15, -0.1) is 0 Å². The summed E-state index contributed by atoms with van der Waals surface area (Å²) < 4.78 is 49.7. The van der Waals surface area contributed by atoms with E-state index in [1.165, 1.54) is 12.0 Å². The quantitative estimate of drug-likeness (QED) is 0.416. The molecule has 1 fully saturated rings. The van der Waals surface area contributed by atoms with Crippen LogP contribution < -0.4 is 0 Å². The number of methoxy groups -OCH3 is 1. The smallest absolute Gasteiger partial charge is 0.409 e. The lowest BCUT2D eigenvalue weighted by molar-refractivity contribution is -0.146. The number of ether oxygens (including phenoxy) is 2. The number of likely N-dealkylation sites (tertiary alicyclic amines) is 1. The molecule has 1 aromatic carbocycles. The molecule has 2 atom stereocenters. The molecule has 0 bridgehead atoms. The third-order valence-electron chi connectivity index (χ3n) is 4.72. The molecule has 154 valence electrons. The molecule has 0 radical (unpaired) electrons. The summed E-state index contributed by atoms with van der Waals surface area (Å²) in [7, 11) is 1.20. The molecule has 0 saturated carbocycles. The molecule has 1 saturated heterocycles. The van der Waals surface area contributed by atoms with Crippen molar-refractivity contribution in [1.29, 1.82) is 0 Å². The number of ketones is 1. The fourth-order valence-corrected chi connectivity index (χ4v) is 3.39. The van der Waals surface area contributed by atoms with Crippen molar-refractivity contribution in [3.05, 3.63) is 35.1 Å².